The molecule has 0 aliphatic carbocycles. The molecule has 0 aliphatic rings. The third kappa shape index (κ3) is 28.2. The highest BCUT2D eigenvalue weighted by Gasteiger charge is 2.11. The van der Waals surface area contributed by atoms with Crippen molar-refractivity contribution in [2.75, 3.05) is 0 Å². The number of hydrogen-bond donors (Lipinski definition) is 0. The molecule has 0 nitrogen and oxygen atoms in total. The lowest BCUT2D eigenvalue weighted by molar-refractivity contribution is 0.316. The minimum absolute atomic E-state index is 0. The second-order valence-electron chi connectivity index (χ2n) is 10.0. The molecule has 0 saturated carbocycles. The van der Waals surface area contributed by atoms with Crippen LogP contribution >= 0.6 is 0 Å². The van der Waals surface area contributed by atoms with Crippen LogP contribution in [0.25, 0.3) is 0 Å². The summed E-state index contributed by atoms with van der Waals surface area (Å²) in [5.41, 5.74) is 0. The quantitative estimate of drug-likeness (QED) is 0.411. The van der Waals surface area contributed by atoms with Gasteiger partial charge in [0.15, 0.2) is 0 Å². The van der Waals surface area contributed by atoms with Gasteiger partial charge in [-0.3, -0.25) is 0 Å². The van der Waals surface area contributed by atoms with E-state index < -0.39 is 0 Å². The molecule has 0 aliphatic heterocycles. The van der Waals surface area contributed by atoms with Crippen LogP contribution in [0, 0.1) is 53.3 Å². The van der Waals surface area contributed by atoms with Crippen LogP contribution in [0.2, 0.25) is 0 Å². The van der Waals surface area contributed by atoms with E-state index in [1.807, 2.05) is 0 Å². The zero-order valence-electron chi connectivity index (χ0n) is 20.2. The number of rotatable bonds is 6. The van der Waals surface area contributed by atoms with Gasteiger partial charge in [-0.25, -0.2) is 0 Å². The zero-order valence-corrected chi connectivity index (χ0v) is 20.2. The Hall–Kier alpha value is 0. The number of hydrogen-bond acceptors (Lipinski definition) is 0. The second-order valence-corrected chi connectivity index (χ2v) is 10.0. The topological polar surface area (TPSA) is 0 Å². The summed E-state index contributed by atoms with van der Waals surface area (Å²) in [5, 5.41) is 0. The molecule has 28 heavy (non-hydrogen) atoms. The van der Waals surface area contributed by atoms with Gasteiger partial charge in [-0.2, -0.15) is 0 Å². The van der Waals surface area contributed by atoms with Gasteiger partial charge in [-0.05, 0) is 53.3 Å². The van der Waals surface area contributed by atoms with Crippen molar-refractivity contribution in [3.05, 3.63) is 0 Å². The van der Waals surface area contributed by atoms with Gasteiger partial charge < -0.3 is 0 Å². The highest BCUT2D eigenvalue weighted by molar-refractivity contribution is 4.60. The van der Waals surface area contributed by atoms with Crippen molar-refractivity contribution in [1.82, 2.24) is 0 Å². The molecule has 0 fully saturated rings. The largest absolute Gasteiger partial charge is 0.0776 e. The lowest BCUT2D eigenvalue weighted by Gasteiger charge is -2.18. The van der Waals surface area contributed by atoms with Crippen molar-refractivity contribution in [2.24, 2.45) is 53.3 Å². The maximum atomic E-state index is 2.31. The lowest BCUT2D eigenvalue weighted by atomic mass is 9.88. The molecule has 0 heterocycles. The first kappa shape index (κ1) is 46.3. The maximum Gasteiger partial charge on any atom is -0.0396 e. The predicted octanol–water partition coefficient (Wildman–Crippen LogP) is 11.3. The first-order valence-electron chi connectivity index (χ1n) is 10.7. The molecule has 0 aromatic rings. The van der Waals surface area contributed by atoms with Crippen LogP contribution in [0.15, 0.2) is 0 Å². The van der Waals surface area contributed by atoms with Crippen LogP contribution in [0.1, 0.15) is 134 Å². The molecular weight excluding hydrogens is 336 g/mol. The lowest BCUT2D eigenvalue weighted by Crippen LogP contribution is -2.10. The molecule has 0 amide bonds. The summed E-state index contributed by atoms with van der Waals surface area (Å²) < 4.78 is 0. The fourth-order valence-corrected chi connectivity index (χ4v) is 2.31. The Labute approximate surface area is 187 Å². The van der Waals surface area contributed by atoms with E-state index in [4.69, 9.17) is 0 Å². The van der Waals surface area contributed by atoms with E-state index in [0.717, 1.165) is 53.3 Å². The molecule has 0 unspecified atom stereocenters. The Morgan fingerprint density at radius 3 is 0.286 bits per heavy atom. The van der Waals surface area contributed by atoms with Gasteiger partial charge in [-0.15, -0.1) is 0 Å². The standard InChI is InChI=1S/3C8H18.4CH4/c3*1-6(2)8(5)7(3)4;;;;/h3*6-8H,1-5H3;4*1H4. The van der Waals surface area contributed by atoms with Crippen molar-refractivity contribution >= 4 is 0 Å². The summed E-state index contributed by atoms with van der Waals surface area (Å²) in [7, 11) is 0. The van der Waals surface area contributed by atoms with Gasteiger partial charge >= 0.3 is 0 Å². The summed E-state index contributed by atoms with van der Waals surface area (Å²) >= 11 is 0. The molecule has 0 aromatic carbocycles. The van der Waals surface area contributed by atoms with Crippen molar-refractivity contribution in [1.29, 1.82) is 0 Å². The molecule has 0 bridgehead atoms. The fraction of sp³-hybridized carbons (Fsp3) is 1.00. The molecule has 0 spiro atoms. The van der Waals surface area contributed by atoms with E-state index >= 15 is 0 Å². The van der Waals surface area contributed by atoms with Gasteiger partial charge in [0.05, 0.1) is 0 Å². The van der Waals surface area contributed by atoms with Gasteiger partial charge in [0.1, 0.15) is 0 Å². The van der Waals surface area contributed by atoms with Crippen LogP contribution < -0.4 is 0 Å². The van der Waals surface area contributed by atoms with E-state index in [1.54, 1.807) is 0 Å². The molecule has 0 saturated heterocycles. The van der Waals surface area contributed by atoms with E-state index in [-0.39, 0.29) is 29.7 Å². The van der Waals surface area contributed by atoms with Crippen LogP contribution in [0.5, 0.6) is 0 Å². The molecule has 0 heteroatoms. The molecule has 0 N–H and O–H groups in total. The van der Waals surface area contributed by atoms with Crippen LogP contribution in [-0.4, -0.2) is 0 Å². The Balaban J connectivity index is -0.0000000441. The van der Waals surface area contributed by atoms with Crippen molar-refractivity contribution < 1.29 is 0 Å². The second kappa shape index (κ2) is 25.0. The summed E-state index contributed by atoms with van der Waals surface area (Å²) in [6, 6.07) is 0. The average molecular weight is 407 g/mol. The van der Waals surface area contributed by atoms with Crippen LogP contribution in [-0.2, 0) is 0 Å². The predicted molar refractivity (Wildman–Crippen MR) is 143 cm³/mol. The van der Waals surface area contributed by atoms with Crippen molar-refractivity contribution in [2.45, 2.75) is 134 Å². The van der Waals surface area contributed by atoms with Gasteiger partial charge in [0.2, 0.25) is 0 Å². The van der Waals surface area contributed by atoms with E-state index in [9.17, 15) is 0 Å². The Kier molecular flexibility index (Phi) is 41.4. The van der Waals surface area contributed by atoms with E-state index in [1.165, 1.54) is 0 Å². The molecule has 0 radical (unpaired) electrons. The van der Waals surface area contributed by atoms with Crippen LogP contribution in [0.3, 0.4) is 0 Å². The molecule has 182 valence electrons. The molecular formula is C28H70. The summed E-state index contributed by atoms with van der Waals surface area (Å²) in [6.07, 6.45) is 0. The van der Waals surface area contributed by atoms with Gasteiger partial charge in [0, 0.05) is 0 Å². The van der Waals surface area contributed by atoms with Crippen molar-refractivity contribution in [3.63, 3.8) is 0 Å². The van der Waals surface area contributed by atoms with Gasteiger partial charge in [-0.1, -0.05) is 134 Å². The molecule has 0 atom stereocenters. The third-order valence-electron chi connectivity index (χ3n) is 6.31. The summed E-state index contributed by atoms with van der Waals surface area (Å²) in [6.45, 7) is 34.3. The zero-order chi connectivity index (χ0) is 20.2. The normalized spacial score (nSPS) is 10.3. The first-order valence-corrected chi connectivity index (χ1v) is 10.7. The summed E-state index contributed by atoms with van der Waals surface area (Å²) in [5.74, 6) is 7.67. The summed E-state index contributed by atoms with van der Waals surface area (Å²) in [4.78, 5) is 0. The highest BCUT2D eigenvalue weighted by Crippen LogP contribution is 2.19. The average Bonchev–Trinajstić information content (AvgIpc) is 2.45. The third-order valence-corrected chi connectivity index (χ3v) is 6.31. The minimum atomic E-state index is 0. The molecule has 0 aromatic heterocycles. The smallest absolute Gasteiger partial charge is 0.0396 e. The van der Waals surface area contributed by atoms with E-state index in [0.29, 0.717) is 0 Å². The van der Waals surface area contributed by atoms with E-state index in [2.05, 4.69) is 104 Å². The first-order chi connectivity index (χ1) is 10.7. The van der Waals surface area contributed by atoms with Crippen molar-refractivity contribution in [3.8, 4) is 0 Å². The Morgan fingerprint density at radius 1 is 0.214 bits per heavy atom. The SMILES string of the molecule is C.C.C.C.CC(C)C(C)C(C)C.CC(C)C(C)C(C)C.CC(C)C(C)C(C)C. The van der Waals surface area contributed by atoms with Gasteiger partial charge in [0.25, 0.3) is 0 Å². The highest BCUT2D eigenvalue weighted by atomic mass is 14.2. The fourth-order valence-electron chi connectivity index (χ4n) is 2.31. The molecule has 0 rings (SSSR count). The Morgan fingerprint density at radius 2 is 0.286 bits per heavy atom. The Bertz CT molecular complexity index is 178. The minimum Gasteiger partial charge on any atom is -0.0776 e. The monoisotopic (exact) mass is 407 g/mol. The van der Waals surface area contributed by atoms with Crippen LogP contribution in [0.4, 0.5) is 0 Å². The maximum absolute atomic E-state index is 2.31.